The van der Waals surface area contributed by atoms with Crippen LogP contribution in [0.1, 0.15) is 46.4 Å². The summed E-state index contributed by atoms with van der Waals surface area (Å²) in [6.45, 7) is 2.85. The summed E-state index contributed by atoms with van der Waals surface area (Å²) in [5.41, 5.74) is 1.39. The SMILES string of the molecule is Cc1nnc(N(C)S(=O)(=O)NC(=O)c2cnc3ccc(N4C[C@@H](F)C[C@@H]4c4cc(F)ccc4OC4CCOCC4)cn23)s1. The van der Waals surface area contributed by atoms with Crippen molar-refractivity contribution < 1.29 is 31.5 Å². The Morgan fingerprint density at radius 2 is 2.00 bits per heavy atom. The van der Waals surface area contributed by atoms with Gasteiger partial charge >= 0.3 is 10.2 Å². The second kappa shape index (κ2) is 11.7. The highest BCUT2D eigenvalue weighted by atomic mass is 32.2. The summed E-state index contributed by atoms with van der Waals surface area (Å²) >= 11 is 1.06. The molecule has 43 heavy (non-hydrogen) atoms. The molecule has 0 bridgehead atoms. The van der Waals surface area contributed by atoms with Gasteiger partial charge in [-0.1, -0.05) is 11.3 Å². The number of halogens is 2. The van der Waals surface area contributed by atoms with E-state index in [1.165, 1.54) is 29.8 Å². The van der Waals surface area contributed by atoms with Gasteiger partial charge in [0.15, 0.2) is 0 Å². The number of aromatic nitrogens is 4. The lowest BCUT2D eigenvalue weighted by atomic mass is 10.0. The van der Waals surface area contributed by atoms with Crippen LogP contribution in [0.4, 0.5) is 19.6 Å². The number of nitrogens with zero attached hydrogens (tertiary/aromatic N) is 6. The molecule has 0 radical (unpaired) electrons. The van der Waals surface area contributed by atoms with Crippen molar-refractivity contribution in [3.63, 3.8) is 0 Å². The molecule has 228 valence electrons. The number of pyridine rings is 1. The van der Waals surface area contributed by atoms with Crippen LogP contribution in [-0.4, -0.2) is 73.0 Å². The average Bonchev–Trinajstić information content (AvgIpc) is 3.71. The highest BCUT2D eigenvalue weighted by Crippen LogP contribution is 2.42. The highest BCUT2D eigenvalue weighted by Gasteiger charge is 2.36. The van der Waals surface area contributed by atoms with E-state index in [2.05, 4.69) is 15.2 Å². The number of nitrogens with one attached hydrogen (secondary N) is 1. The molecule has 3 aromatic heterocycles. The third kappa shape index (κ3) is 5.99. The molecule has 0 spiro atoms. The summed E-state index contributed by atoms with van der Waals surface area (Å²) in [7, 11) is -3.05. The molecule has 2 fully saturated rings. The van der Waals surface area contributed by atoms with Crippen LogP contribution < -0.4 is 18.7 Å². The van der Waals surface area contributed by atoms with Crippen LogP contribution in [0.5, 0.6) is 5.75 Å². The molecule has 2 saturated heterocycles. The number of ether oxygens (including phenoxy) is 2. The number of anilines is 2. The lowest BCUT2D eigenvalue weighted by Gasteiger charge is -2.30. The standard InChI is InChI=1S/C27H29F2N7O5S2/c1-16-31-32-27(42-16)34(2)43(38,39)33-26(37)23-13-30-25-6-4-19(15-36(23)25)35-14-18(29)12-22(35)21-11-17(28)3-5-24(21)41-20-7-9-40-10-8-20/h3-6,11,13,15,18,20,22H,7-10,12,14H2,1-2H3,(H,33,37)/t18-,22+/m0/s1. The van der Waals surface area contributed by atoms with Gasteiger partial charge in [-0.2, -0.15) is 8.42 Å². The fourth-order valence-electron chi connectivity index (χ4n) is 5.29. The maximum atomic E-state index is 15.0. The quantitative estimate of drug-likeness (QED) is 0.309. The maximum Gasteiger partial charge on any atom is 0.328 e. The van der Waals surface area contributed by atoms with Crippen molar-refractivity contribution in [1.29, 1.82) is 0 Å². The number of aryl methyl sites for hydroxylation is 1. The summed E-state index contributed by atoms with van der Waals surface area (Å²) < 4.78 is 71.3. The van der Waals surface area contributed by atoms with Crippen LogP contribution in [0.2, 0.25) is 0 Å². The third-order valence-electron chi connectivity index (χ3n) is 7.46. The molecule has 1 amide bonds. The van der Waals surface area contributed by atoms with E-state index in [1.807, 2.05) is 4.72 Å². The second-order valence-electron chi connectivity index (χ2n) is 10.4. The van der Waals surface area contributed by atoms with Gasteiger partial charge in [0.25, 0.3) is 5.91 Å². The molecular formula is C27H29F2N7O5S2. The van der Waals surface area contributed by atoms with E-state index < -0.39 is 34.1 Å². The number of carbonyl (C=O) groups is 1. The number of amides is 1. The topological polar surface area (TPSA) is 131 Å². The fourth-order valence-corrected chi connectivity index (χ4v) is 6.97. The highest BCUT2D eigenvalue weighted by molar-refractivity contribution is 7.91. The monoisotopic (exact) mass is 633 g/mol. The van der Waals surface area contributed by atoms with Gasteiger partial charge in [0.05, 0.1) is 31.1 Å². The Kier molecular flexibility index (Phi) is 7.91. The summed E-state index contributed by atoms with van der Waals surface area (Å²) in [5, 5.41) is 8.28. The molecule has 6 rings (SSSR count). The molecule has 16 heteroatoms. The van der Waals surface area contributed by atoms with E-state index in [9.17, 15) is 22.0 Å². The van der Waals surface area contributed by atoms with Crippen molar-refractivity contribution in [2.24, 2.45) is 0 Å². The third-order valence-corrected chi connectivity index (χ3v) is 9.83. The van der Waals surface area contributed by atoms with Gasteiger partial charge in [0.2, 0.25) is 5.13 Å². The van der Waals surface area contributed by atoms with E-state index in [-0.39, 0.29) is 29.9 Å². The van der Waals surface area contributed by atoms with Crippen LogP contribution in [-0.2, 0) is 14.9 Å². The number of hydrogen-bond acceptors (Lipinski definition) is 10. The Hall–Kier alpha value is -3.89. The van der Waals surface area contributed by atoms with Gasteiger partial charge in [-0.3, -0.25) is 9.20 Å². The Morgan fingerprint density at radius 1 is 1.21 bits per heavy atom. The van der Waals surface area contributed by atoms with Crippen LogP contribution in [0.25, 0.3) is 5.65 Å². The van der Waals surface area contributed by atoms with Crippen molar-refractivity contribution in [3.05, 3.63) is 64.8 Å². The summed E-state index contributed by atoms with van der Waals surface area (Å²) in [6.07, 6.45) is 3.06. The Bertz CT molecular complexity index is 1760. The predicted octanol–water partition coefficient (Wildman–Crippen LogP) is 3.59. The minimum Gasteiger partial charge on any atom is -0.490 e. The molecule has 2 aliphatic rings. The summed E-state index contributed by atoms with van der Waals surface area (Å²) in [6, 6.07) is 7.10. The molecule has 2 aliphatic heterocycles. The number of hydrogen-bond donors (Lipinski definition) is 1. The molecule has 4 aromatic rings. The fraction of sp³-hybridized carbons (Fsp3) is 0.407. The molecule has 1 N–H and O–H groups in total. The number of carbonyl (C=O) groups excluding carboxylic acids is 1. The first kappa shape index (κ1) is 29.2. The largest absolute Gasteiger partial charge is 0.490 e. The van der Waals surface area contributed by atoms with E-state index in [0.29, 0.717) is 53.7 Å². The van der Waals surface area contributed by atoms with Gasteiger partial charge in [-0.15, -0.1) is 10.2 Å². The van der Waals surface area contributed by atoms with Crippen LogP contribution in [0.3, 0.4) is 0 Å². The molecule has 0 aliphatic carbocycles. The smallest absolute Gasteiger partial charge is 0.328 e. The van der Waals surface area contributed by atoms with Crippen molar-refractivity contribution >= 4 is 43.9 Å². The van der Waals surface area contributed by atoms with E-state index in [0.717, 1.165) is 15.6 Å². The molecule has 0 saturated carbocycles. The van der Waals surface area contributed by atoms with Crippen molar-refractivity contribution in [3.8, 4) is 5.75 Å². The normalized spacial score (nSPS) is 19.6. The Morgan fingerprint density at radius 3 is 2.74 bits per heavy atom. The zero-order chi connectivity index (χ0) is 30.3. The molecule has 2 atom stereocenters. The average molecular weight is 634 g/mol. The number of alkyl halides is 1. The van der Waals surface area contributed by atoms with Crippen molar-refractivity contribution in [1.82, 2.24) is 24.3 Å². The van der Waals surface area contributed by atoms with Crippen molar-refractivity contribution in [2.75, 3.05) is 36.0 Å². The Balaban J connectivity index is 1.29. The van der Waals surface area contributed by atoms with Crippen LogP contribution in [0, 0.1) is 12.7 Å². The predicted molar refractivity (Wildman–Crippen MR) is 155 cm³/mol. The van der Waals surface area contributed by atoms with E-state index in [4.69, 9.17) is 9.47 Å². The minimum absolute atomic E-state index is 0.0278. The number of fused-ring (bicyclic) bond motifs is 1. The minimum atomic E-state index is -4.31. The van der Waals surface area contributed by atoms with Crippen molar-refractivity contribution in [2.45, 2.75) is 44.5 Å². The van der Waals surface area contributed by atoms with Gasteiger partial charge < -0.3 is 14.4 Å². The van der Waals surface area contributed by atoms with Gasteiger partial charge in [0.1, 0.15) is 40.2 Å². The molecule has 12 nitrogen and oxygen atoms in total. The van der Waals surface area contributed by atoms with E-state index in [1.54, 1.807) is 36.2 Å². The Labute approximate surface area is 250 Å². The van der Waals surface area contributed by atoms with E-state index >= 15 is 0 Å². The molecular weight excluding hydrogens is 604 g/mol. The van der Waals surface area contributed by atoms with Gasteiger partial charge in [-0.05, 0) is 37.3 Å². The number of imidazole rings is 1. The lowest BCUT2D eigenvalue weighted by molar-refractivity contribution is 0.0250. The van der Waals surface area contributed by atoms with Gasteiger partial charge in [0, 0.05) is 44.6 Å². The first-order valence-corrected chi connectivity index (χ1v) is 15.9. The summed E-state index contributed by atoms with van der Waals surface area (Å²) in [5.74, 6) is -0.895. The van der Waals surface area contributed by atoms with Crippen LogP contribution in [0.15, 0.2) is 42.7 Å². The first-order valence-electron chi connectivity index (χ1n) is 13.6. The van der Waals surface area contributed by atoms with Crippen LogP contribution >= 0.6 is 11.3 Å². The second-order valence-corrected chi connectivity index (χ2v) is 13.2. The molecule has 5 heterocycles. The van der Waals surface area contributed by atoms with Gasteiger partial charge in [-0.25, -0.2) is 22.8 Å². The molecule has 0 unspecified atom stereocenters. The lowest BCUT2D eigenvalue weighted by Crippen LogP contribution is -2.42. The number of benzene rings is 1. The number of rotatable bonds is 8. The zero-order valence-electron chi connectivity index (χ0n) is 23.3. The zero-order valence-corrected chi connectivity index (χ0v) is 24.9. The maximum absolute atomic E-state index is 15.0. The molecule has 1 aromatic carbocycles. The first-order chi connectivity index (χ1) is 20.6. The summed E-state index contributed by atoms with van der Waals surface area (Å²) in [4.78, 5) is 19.2.